The Bertz CT molecular complexity index is 252. The van der Waals surface area contributed by atoms with Gasteiger partial charge in [0.15, 0.2) is 0 Å². The van der Waals surface area contributed by atoms with Crippen LogP contribution in [0.2, 0.25) is 0 Å². The van der Waals surface area contributed by atoms with Crippen LogP contribution in [0.3, 0.4) is 0 Å². The maximum Gasteiger partial charge on any atom is 0.229 e. The Balaban J connectivity index is 2.08. The SMILES string of the molecule is O=C1CCCCC(=O)N1C1CCCCNC1. The van der Waals surface area contributed by atoms with Crippen molar-refractivity contribution >= 4 is 11.8 Å². The van der Waals surface area contributed by atoms with Gasteiger partial charge in [0.05, 0.1) is 6.04 Å². The molecule has 0 saturated carbocycles. The summed E-state index contributed by atoms with van der Waals surface area (Å²) in [6, 6.07) is 0.0978. The Morgan fingerprint density at radius 2 is 1.69 bits per heavy atom. The number of carbonyl (C=O) groups excluding carboxylic acids is 2. The van der Waals surface area contributed by atoms with Crippen LogP contribution in [-0.2, 0) is 9.59 Å². The van der Waals surface area contributed by atoms with Crippen molar-refractivity contribution in [2.75, 3.05) is 13.1 Å². The normalized spacial score (nSPS) is 28.8. The molecule has 2 saturated heterocycles. The largest absolute Gasteiger partial charge is 0.315 e. The molecule has 0 radical (unpaired) electrons. The van der Waals surface area contributed by atoms with Crippen LogP contribution in [0.15, 0.2) is 0 Å². The zero-order valence-electron chi connectivity index (χ0n) is 9.71. The minimum atomic E-state index is 0.0381. The first-order chi connectivity index (χ1) is 7.79. The van der Waals surface area contributed by atoms with Gasteiger partial charge in [-0.25, -0.2) is 0 Å². The van der Waals surface area contributed by atoms with Crippen LogP contribution >= 0.6 is 0 Å². The van der Waals surface area contributed by atoms with E-state index in [1.165, 1.54) is 0 Å². The maximum absolute atomic E-state index is 11.9. The molecule has 2 aliphatic rings. The van der Waals surface area contributed by atoms with Gasteiger partial charge in [-0.3, -0.25) is 14.5 Å². The summed E-state index contributed by atoms with van der Waals surface area (Å²) in [7, 11) is 0. The Kier molecular flexibility index (Phi) is 3.93. The van der Waals surface area contributed by atoms with Crippen molar-refractivity contribution in [2.45, 2.75) is 51.0 Å². The fraction of sp³-hybridized carbons (Fsp3) is 0.833. The highest BCUT2D eigenvalue weighted by molar-refractivity contribution is 5.96. The molecule has 4 nitrogen and oxygen atoms in total. The Hall–Kier alpha value is -0.900. The van der Waals surface area contributed by atoms with Crippen LogP contribution < -0.4 is 5.32 Å². The quantitative estimate of drug-likeness (QED) is 0.677. The minimum absolute atomic E-state index is 0.0381. The fourth-order valence-corrected chi connectivity index (χ4v) is 2.56. The number of likely N-dealkylation sites (tertiary alicyclic amines) is 1. The van der Waals surface area contributed by atoms with Gasteiger partial charge < -0.3 is 5.32 Å². The van der Waals surface area contributed by atoms with Gasteiger partial charge in [0, 0.05) is 19.4 Å². The maximum atomic E-state index is 11.9. The molecular weight excluding hydrogens is 204 g/mol. The molecule has 1 atom stereocenters. The van der Waals surface area contributed by atoms with Crippen LogP contribution in [0.5, 0.6) is 0 Å². The van der Waals surface area contributed by atoms with Gasteiger partial charge in [0.2, 0.25) is 11.8 Å². The number of imide groups is 1. The molecule has 0 aromatic heterocycles. The van der Waals surface area contributed by atoms with E-state index in [-0.39, 0.29) is 17.9 Å². The standard InChI is InChI=1S/C12H20N2O2/c15-11-6-1-2-7-12(16)14(11)10-5-3-4-8-13-9-10/h10,13H,1-9H2. The Morgan fingerprint density at radius 3 is 2.38 bits per heavy atom. The smallest absolute Gasteiger partial charge is 0.229 e. The third-order valence-electron chi connectivity index (χ3n) is 3.45. The fourth-order valence-electron chi connectivity index (χ4n) is 2.56. The average Bonchev–Trinajstić information content (AvgIpc) is 2.60. The van der Waals surface area contributed by atoms with Crippen LogP contribution in [-0.4, -0.2) is 35.8 Å². The van der Waals surface area contributed by atoms with Crippen molar-refractivity contribution in [3.63, 3.8) is 0 Å². The molecule has 0 aromatic rings. The summed E-state index contributed by atoms with van der Waals surface area (Å²) in [4.78, 5) is 25.4. The van der Waals surface area contributed by atoms with E-state index in [0.717, 1.165) is 45.2 Å². The number of rotatable bonds is 1. The molecule has 0 aromatic carbocycles. The van der Waals surface area contributed by atoms with Gasteiger partial charge in [-0.15, -0.1) is 0 Å². The van der Waals surface area contributed by atoms with Crippen LogP contribution in [0, 0.1) is 0 Å². The topological polar surface area (TPSA) is 49.4 Å². The predicted octanol–water partition coefficient (Wildman–Crippen LogP) is 1.06. The van der Waals surface area contributed by atoms with E-state index in [2.05, 4.69) is 5.32 Å². The first kappa shape index (κ1) is 11.6. The van der Waals surface area contributed by atoms with Crippen molar-refractivity contribution in [1.29, 1.82) is 0 Å². The lowest BCUT2D eigenvalue weighted by Crippen LogP contribution is -2.47. The van der Waals surface area contributed by atoms with Gasteiger partial charge in [0.25, 0.3) is 0 Å². The number of nitrogens with zero attached hydrogens (tertiary/aromatic N) is 1. The Labute approximate surface area is 96.4 Å². The zero-order chi connectivity index (χ0) is 11.4. The monoisotopic (exact) mass is 224 g/mol. The zero-order valence-corrected chi connectivity index (χ0v) is 9.71. The second kappa shape index (κ2) is 5.43. The van der Waals surface area contributed by atoms with Gasteiger partial charge in [0.1, 0.15) is 0 Å². The van der Waals surface area contributed by atoms with Gasteiger partial charge >= 0.3 is 0 Å². The van der Waals surface area contributed by atoms with E-state index in [9.17, 15) is 9.59 Å². The van der Waals surface area contributed by atoms with E-state index in [1.54, 1.807) is 4.90 Å². The lowest BCUT2D eigenvalue weighted by molar-refractivity contribution is -0.146. The second-order valence-electron chi connectivity index (χ2n) is 4.72. The molecule has 1 N–H and O–H groups in total. The number of nitrogens with one attached hydrogen (secondary N) is 1. The lowest BCUT2D eigenvalue weighted by Gasteiger charge is -2.28. The summed E-state index contributed by atoms with van der Waals surface area (Å²) in [6.07, 6.45) is 6.03. The molecule has 2 amide bonds. The van der Waals surface area contributed by atoms with Crippen molar-refractivity contribution in [3.05, 3.63) is 0 Å². The molecule has 2 rings (SSSR count). The van der Waals surface area contributed by atoms with Crippen LogP contribution in [0.4, 0.5) is 0 Å². The molecule has 4 heteroatoms. The molecular formula is C12H20N2O2. The number of hydrogen-bond donors (Lipinski definition) is 1. The average molecular weight is 224 g/mol. The summed E-state index contributed by atoms with van der Waals surface area (Å²) in [5.41, 5.74) is 0. The van der Waals surface area contributed by atoms with Crippen molar-refractivity contribution < 1.29 is 9.59 Å². The molecule has 16 heavy (non-hydrogen) atoms. The third-order valence-corrected chi connectivity index (χ3v) is 3.45. The van der Waals surface area contributed by atoms with E-state index < -0.39 is 0 Å². The molecule has 2 heterocycles. The molecule has 0 spiro atoms. The number of amides is 2. The predicted molar refractivity (Wildman–Crippen MR) is 60.8 cm³/mol. The lowest BCUT2D eigenvalue weighted by atomic mass is 10.1. The summed E-state index contributed by atoms with van der Waals surface area (Å²) >= 11 is 0. The van der Waals surface area contributed by atoms with Crippen LogP contribution in [0.1, 0.15) is 44.9 Å². The van der Waals surface area contributed by atoms with Crippen LogP contribution in [0.25, 0.3) is 0 Å². The minimum Gasteiger partial charge on any atom is -0.315 e. The molecule has 90 valence electrons. The molecule has 2 aliphatic heterocycles. The molecule has 0 bridgehead atoms. The highest BCUT2D eigenvalue weighted by Crippen LogP contribution is 2.19. The van der Waals surface area contributed by atoms with E-state index in [0.29, 0.717) is 12.8 Å². The van der Waals surface area contributed by atoms with Crippen molar-refractivity contribution in [3.8, 4) is 0 Å². The van der Waals surface area contributed by atoms with Gasteiger partial charge in [-0.2, -0.15) is 0 Å². The molecule has 2 fully saturated rings. The highest BCUT2D eigenvalue weighted by atomic mass is 16.2. The van der Waals surface area contributed by atoms with E-state index in [1.807, 2.05) is 0 Å². The van der Waals surface area contributed by atoms with Crippen molar-refractivity contribution in [1.82, 2.24) is 10.2 Å². The number of hydrogen-bond acceptors (Lipinski definition) is 3. The summed E-state index contributed by atoms with van der Waals surface area (Å²) in [5.74, 6) is 0.0763. The van der Waals surface area contributed by atoms with Crippen molar-refractivity contribution in [2.24, 2.45) is 0 Å². The van der Waals surface area contributed by atoms with E-state index in [4.69, 9.17) is 0 Å². The van der Waals surface area contributed by atoms with Gasteiger partial charge in [-0.05, 0) is 32.2 Å². The Morgan fingerprint density at radius 1 is 1.00 bits per heavy atom. The van der Waals surface area contributed by atoms with Gasteiger partial charge in [-0.1, -0.05) is 6.42 Å². The third kappa shape index (κ3) is 2.61. The molecule has 1 unspecified atom stereocenters. The first-order valence-corrected chi connectivity index (χ1v) is 6.34. The van der Waals surface area contributed by atoms with E-state index >= 15 is 0 Å². The summed E-state index contributed by atoms with van der Waals surface area (Å²) < 4.78 is 0. The number of carbonyl (C=O) groups is 2. The summed E-state index contributed by atoms with van der Waals surface area (Å²) in [5, 5.41) is 3.31. The molecule has 0 aliphatic carbocycles. The summed E-state index contributed by atoms with van der Waals surface area (Å²) in [6.45, 7) is 1.78. The first-order valence-electron chi connectivity index (χ1n) is 6.34. The second-order valence-corrected chi connectivity index (χ2v) is 4.72. The highest BCUT2D eigenvalue weighted by Gasteiger charge is 2.30.